The van der Waals surface area contributed by atoms with Crippen molar-refractivity contribution < 1.29 is 9.59 Å². The standard InChI is InChI=1S/C11H13IN4O2/c1-2-7-13-11(18)14-9-3-5-10(6-4-9)15-16(12)8-17/h2-6,8,15H,1,7H2,(H2,13,14,18). The lowest BCUT2D eigenvalue weighted by atomic mass is 10.3. The molecule has 7 heteroatoms. The van der Waals surface area contributed by atoms with Crippen molar-refractivity contribution in [1.29, 1.82) is 0 Å². The van der Waals surface area contributed by atoms with Gasteiger partial charge in [-0.2, -0.15) is 3.22 Å². The summed E-state index contributed by atoms with van der Waals surface area (Å²) in [4.78, 5) is 21.7. The molecule has 0 bridgehead atoms. The number of halogens is 1. The lowest BCUT2D eigenvalue weighted by Gasteiger charge is -2.12. The van der Waals surface area contributed by atoms with E-state index in [0.29, 0.717) is 18.6 Å². The molecule has 1 rings (SSSR count). The van der Waals surface area contributed by atoms with Crippen LogP contribution in [0.2, 0.25) is 0 Å². The molecular formula is C11H13IN4O2. The van der Waals surface area contributed by atoms with Crippen LogP contribution in [-0.4, -0.2) is 22.2 Å². The SMILES string of the molecule is C=CCNC(=O)Nc1ccc(NN(I)C=O)cc1. The van der Waals surface area contributed by atoms with Crippen LogP contribution in [0, 0.1) is 0 Å². The van der Waals surface area contributed by atoms with Crippen LogP contribution in [0.4, 0.5) is 16.2 Å². The van der Waals surface area contributed by atoms with Gasteiger partial charge >= 0.3 is 6.03 Å². The van der Waals surface area contributed by atoms with Crippen molar-refractivity contribution in [2.24, 2.45) is 0 Å². The number of hydrogen-bond donors (Lipinski definition) is 3. The van der Waals surface area contributed by atoms with Crippen LogP contribution < -0.4 is 16.1 Å². The molecule has 3 amide bonds. The summed E-state index contributed by atoms with van der Waals surface area (Å²) in [6.07, 6.45) is 2.25. The zero-order valence-corrected chi connectivity index (χ0v) is 11.7. The van der Waals surface area contributed by atoms with Crippen molar-refractivity contribution in [3.05, 3.63) is 36.9 Å². The third-order valence-corrected chi connectivity index (χ3v) is 2.35. The molecular weight excluding hydrogens is 347 g/mol. The fraction of sp³-hybridized carbons (Fsp3) is 0.0909. The van der Waals surface area contributed by atoms with Gasteiger partial charge in [0.2, 0.25) is 6.41 Å². The number of nitrogens with zero attached hydrogens (tertiary/aromatic N) is 1. The van der Waals surface area contributed by atoms with Crippen molar-refractivity contribution in [1.82, 2.24) is 8.54 Å². The average Bonchev–Trinajstić information content (AvgIpc) is 2.38. The second-order valence-electron chi connectivity index (χ2n) is 3.23. The Kier molecular flexibility index (Phi) is 5.98. The molecule has 0 saturated heterocycles. The molecule has 0 aliphatic carbocycles. The summed E-state index contributed by atoms with van der Waals surface area (Å²) in [5, 5.41) is 5.26. The zero-order chi connectivity index (χ0) is 13.4. The molecule has 1 aromatic rings. The van der Waals surface area contributed by atoms with Crippen molar-refractivity contribution in [2.75, 3.05) is 17.3 Å². The molecule has 0 heterocycles. The molecule has 0 atom stereocenters. The Morgan fingerprint density at radius 1 is 1.33 bits per heavy atom. The molecule has 0 aromatic heterocycles. The number of nitrogens with one attached hydrogen (secondary N) is 3. The number of amides is 3. The topological polar surface area (TPSA) is 73.5 Å². The number of carbonyl (C=O) groups is 2. The van der Waals surface area contributed by atoms with Gasteiger partial charge in [-0.05, 0) is 24.3 Å². The highest BCUT2D eigenvalue weighted by atomic mass is 127. The number of carbonyl (C=O) groups excluding carboxylic acids is 2. The van der Waals surface area contributed by atoms with Crippen molar-refractivity contribution in [3.63, 3.8) is 0 Å². The van der Waals surface area contributed by atoms with Gasteiger partial charge in [0.05, 0.1) is 28.6 Å². The number of urea groups is 1. The molecule has 0 unspecified atom stereocenters. The van der Waals surface area contributed by atoms with E-state index in [-0.39, 0.29) is 6.03 Å². The van der Waals surface area contributed by atoms with Crippen LogP contribution in [0.1, 0.15) is 0 Å². The quantitative estimate of drug-likeness (QED) is 0.239. The van der Waals surface area contributed by atoms with Gasteiger partial charge in [-0.15, -0.1) is 6.58 Å². The van der Waals surface area contributed by atoms with Crippen molar-refractivity contribution in [2.45, 2.75) is 0 Å². The fourth-order valence-corrected chi connectivity index (χ4v) is 1.40. The highest BCUT2D eigenvalue weighted by Gasteiger charge is 2.01. The summed E-state index contributed by atoms with van der Waals surface area (Å²) in [6, 6.07) is 6.66. The Balaban J connectivity index is 2.52. The summed E-state index contributed by atoms with van der Waals surface area (Å²) in [7, 11) is 0. The number of rotatable bonds is 6. The molecule has 0 fully saturated rings. The number of hydrazine groups is 1. The number of hydrogen-bond acceptors (Lipinski definition) is 3. The monoisotopic (exact) mass is 360 g/mol. The molecule has 18 heavy (non-hydrogen) atoms. The Hall–Kier alpha value is -1.77. The van der Waals surface area contributed by atoms with Gasteiger partial charge in [0.15, 0.2) is 0 Å². The van der Waals surface area contributed by atoms with Crippen LogP contribution in [0.5, 0.6) is 0 Å². The van der Waals surface area contributed by atoms with Crippen molar-refractivity contribution in [3.8, 4) is 0 Å². The Morgan fingerprint density at radius 2 is 1.94 bits per heavy atom. The highest BCUT2D eigenvalue weighted by Crippen LogP contribution is 2.14. The van der Waals surface area contributed by atoms with Gasteiger partial charge in [-0.1, -0.05) is 6.08 Å². The smallest absolute Gasteiger partial charge is 0.319 e. The molecule has 0 saturated carbocycles. The summed E-state index contributed by atoms with van der Waals surface area (Å²) in [5.41, 5.74) is 4.22. The normalized spacial score (nSPS) is 9.17. The molecule has 3 N–H and O–H groups in total. The van der Waals surface area contributed by atoms with Crippen LogP contribution in [0.25, 0.3) is 0 Å². The summed E-state index contributed by atoms with van der Waals surface area (Å²) < 4.78 is 1.26. The predicted octanol–water partition coefficient (Wildman–Crippen LogP) is 2.13. The van der Waals surface area contributed by atoms with Crippen LogP contribution in [0.3, 0.4) is 0 Å². The van der Waals surface area contributed by atoms with Gasteiger partial charge in [-0.3, -0.25) is 10.2 Å². The second kappa shape index (κ2) is 7.54. The minimum absolute atomic E-state index is 0.293. The maximum Gasteiger partial charge on any atom is 0.319 e. The van der Waals surface area contributed by atoms with E-state index in [1.807, 2.05) is 22.9 Å². The third kappa shape index (κ3) is 5.04. The van der Waals surface area contributed by atoms with Crippen LogP contribution in [0.15, 0.2) is 36.9 Å². The Labute approximate surface area is 119 Å². The largest absolute Gasteiger partial charge is 0.334 e. The van der Waals surface area contributed by atoms with Gasteiger partial charge in [-0.25, -0.2) is 4.79 Å². The maximum atomic E-state index is 11.3. The van der Waals surface area contributed by atoms with E-state index in [9.17, 15) is 9.59 Å². The van der Waals surface area contributed by atoms with Crippen LogP contribution >= 0.6 is 22.9 Å². The lowest BCUT2D eigenvalue weighted by molar-refractivity contribution is -0.112. The summed E-state index contributed by atoms with van der Waals surface area (Å²) in [5.74, 6) is 0. The lowest BCUT2D eigenvalue weighted by Crippen LogP contribution is -2.28. The fourth-order valence-electron chi connectivity index (χ4n) is 1.12. The maximum absolute atomic E-state index is 11.3. The van der Waals surface area contributed by atoms with E-state index in [0.717, 1.165) is 5.69 Å². The van der Waals surface area contributed by atoms with E-state index in [2.05, 4.69) is 22.6 Å². The van der Waals surface area contributed by atoms with Gasteiger partial charge in [0.1, 0.15) is 0 Å². The van der Waals surface area contributed by atoms with Gasteiger partial charge in [0.25, 0.3) is 0 Å². The first-order valence-corrected chi connectivity index (χ1v) is 6.05. The zero-order valence-electron chi connectivity index (χ0n) is 9.52. The Bertz CT molecular complexity index is 422. The molecule has 0 radical (unpaired) electrons. The van der Waals surface area contributed by atoms with E-state index < -0.39 is 0 Å². The summed E-state index contributed by atoms with van der Waals surface area (Å²) in [6.45, 7) is 3.91. The predicted molar refractivity (Wildman–Crippen MR) is 79.2 cm³/mol. The first kappa shape index (κ1) is 14.3. The van der Waals surface area contributed by atoms with E-state index in [4.69, 9.17) is 0 Å². The van der Waals surface area contributed by atoms with E-state index in [1.165, 1.54) is 3.22 Å². The van der Waals surface area contributed by atoms with Gasteiger partial charge in [0, 0.05) is 12.2 Å². The van der Waals surface area contributed by atoms with Crippen LogP contribution in [-0.2, 0) is 4.79 Å². The van der Waals surface area contributed by atoms with Gasteiger partial charge < -0.3 is 10.6 Å². The molecule has 0 aliphatic heterocycles. The molecule has 6 nitrogen and oxygen atoms in total. The first-order valence-electron chi connectivity index (χ1n) is 5.08. The number of benzene rings is 1. The molecule has 96 valence electrons. The van der Waals surface area contributed by atoms with E-state index in [1.54, 1.807) is 30.3 Å². The molecule has 0 spiro atoms. The molecule has 1 aromatic carbocycles. The minimum Gasteiger partial charge on any atom is -0.334 e. The minimum atomic E-state index is -0.293. The Morgan fingerprint density at radius 3 is 2.50 bits per heavy atom. The van der Waals surface area contributed by atoms with Crippen molar-refractivity contribution >= 4 is 46.7 Å². The third-order valence-electron chi connectivity index (χ3n) is 1.88. The first-order chi connectivity index (χ1) is 8.65. The average molecular weight is 360 g/mol. The second-order valence-corrected chi connectivity index (χ2v) is 4.27. The highest BCUT2D eigenvalue weighted by molar-refractivity contribution is 14.1. The number of anilines is 2. The molecule has 0 aliphatic rings. The summed E-state index contributed by atoms with van der Waals surface area (Å²) >= 11 is 1.82. The van der Waals surface area contributed by atoms with E-state index >= 15 is 0 Å².